The highest BCUT2D eigenvalue weighted by Crippen LogP contribution is 2.50. The molecule has 2 heteroatoms. The highest BCUT2D eigenvalue weighted by Gasteiger charge is 2.23. The summed E-state index contributed by atoms with van der Waals surface area (Å²) in [6, 6.07) is 95.8. The molecule has 1 nitrogen and oxygen atoms in total. The van der Waals surface area contributed by atoms with Gasteiger partial charge in [-0.25, -0.2) is 0 Å². The van der Waals surface area contributed by atoms with Crippen molar-refractivity contribution in [3.05, 3.63) is 261 Å². The lowest BCUT2D eigenvalue weighted by molar-refractivity contribution is 1.31. The van der Waals surface area contributed by atoms with Crippen LogP contribution in [-0.4, -0.2) is 0 Å². The number of benzene rings is 12. The molecule has 13 aromatic rings. The quantitative estimate of drug-likeness (QED) is 0.147. The van der Waals surface area contributed by atoms with Crippen LogP contribution in [-0.2, 0) is 0 Å². The van der Waals surface area contributed by atoms with Gasteiger partial charge in [0, 0.05) is 31.5 Å². The first-order valence-electron chi connectivity index (χ1n) is 23.3. The maximum atomic E-state index is 2.50. The van der Waals surface area contributed by atoms with Crippen molar-refractivity contribution in [1.29, 1.82) is 0 Å². The summed E-state index contributed by atoms with van der Waals surface area (Å²) in [5, 5.41) is 9.93. The summed E-state index contributed by atoms with van der Waals surface area (Å²) in [5.41, 5.74) is 15.5. The Kier molecular flexibility index (Phi) is 9.77. The normalized spacial score (nSPS) is 11.5. The van der Waals surface area contributed by atoms with Crippen LogP contribution in [0.15, 0.2) is 261 Å². The van der Waals surface area contributed by atoms with Crippen molar-refractivity contribution in [3.63, 3.8) is 0 Å². The summed E-state index contributed by atoms with van der Waals surface area (Å²) in [4.78, 5) is 2.50. The molecule has 0 spiro atoms. The standard InChI is InChI=1S/C66H43NS/c1-3-16-44(17-4-1)45-36-38-52(39-37-45)67(53-42-51-21-8-10-26-55(51)61(43-53)59-30-13-22-46-20-7-9-25-54(46)59)62-41-40-58(66-65(62)60-27-11-12-31-63(60)68-66)49-34-32-48(33-35-49)57-29-15-24-50-23-14-28-56(64(50)57)47-18-5-2-6-19-47/h1-43H. The van der Waals surface area contributed by atoms with Crippen molar-refractivity contribution >= 4 is 80.9 Å². The van der Waals surface area contributed by atoms with Gasteiger partial charge < -0.3 is 4.90 Å². The molecule has 0 radical (unpaired) electrons. The molecule has 0 amide bonds. The average molecular weight is 882 g/mol. The Hall–Kier alpha value is -8.56. The molecule has 0 aliphatic heterocycles. The third-order valence-corrected chi connectivity index (χ3v) is 14.9. The first kappa shape index (κ1) is 39.8. The lowest BCUT2D eigenvalue weighted by Gasteiger charge is -2.28. The van der Waals surface area contributed by atoms with Crippen LogP contribution in [0, 0.1) is 0 Å². The molecular formula is C66H43NS. The predicted molar refractivity (Wildman–Crippen MR) is 294 cm³/mol. The van der Waals surface area contributed by atoms with Crippen LogP contribution in [0.25, 0.3) is 108 Å². The molecule has 0 saturated carbocycles. The van der Waals surface area contributed by atoms with E-state index in [9.17, 15) is 0 Å². The van der Waals surface area contributed by atoms with E-state index in [0.717, 1.165) is 17.1 Å². The first-order valence-corrected chi connectivity index (χ1v) is 24.1. The fourth-order valence-corrected chi connectivity index (χ4v) is 11.7. The maximum absolute atomic E-state index is 2.50. The third-order valence-electron chi connectivity index (χ3n) is 13.7. The van der Waals surface area contributed by atoms with Crippen molar-refractivity contribution in [1.82, 2.24) is 0 Å². The van der Waals surface area contributed by atoms with E-state index in [1.807, 2.05) is 11.3 Å². The van der Waals surface area contributed by atoms with Gasteiger partial charge in [-0.2, -0.15) is 0 Å². The maximum Gasteiger partial charge on any atom is 0.0555 e. The molecule has 0 N–H and O–H groups in total. The van der Waals surface area contributed by atoms with Crippen molar-refractivity contribution in [3.8, 4) is 55.6 Å². The van der Waals surface area contributed by atoms with Crippen molar-refractivity contribution in [2.45, 2.75) is 0 Å². The van der Waals surface area contributed by atoms with Crippen LogP contribution in [0.1, 0.15) is 0 Å². The van der Waals surface area contributed by atoms with Crippen LogP contribution >= 0.6 is 11.3 Å². The van der Waals surface area contributed by atoms with Gasteiger partial charge in [-0.05, 0) is 124 Å². The van der Waals surface area contributed by atoms with Gasteiger partial charge in [-0.3, -0.25) is 0 Å². The Bertz CT molecular complexity index is 3990. The number of fused-ring (bicyclic) bond motifs is 6. The molecule has 68 heavy (non-hydrogen) atoms. The lowest BCUT2D eigenvalue weighted by Crippen LogP contribution is -2.11. The molecular weight excluding hydrogens is 839 g/mol. The lowest BCUT2D eigenvalue weighted by atomic mass is 9.90. The molecule has 13 rings (SSSR count). The highest BCUT2D eigenvalue weighted by atomic mass is 32.1. The van der Waals surface area contributed by atoms with Crippen LogP contribution < -0.4 is 4.90 Å². The van der Waals surface area contributed by atoms with Gasteiger partial charge in [-0.15, -0.1) is 11.3 Å². The number of rotatable bonds is 8. The Morgan fingerprint density at radius 1 is 0.265 bits per heavy atom. The van der Waals surface area contributed by atoms with Crippen molar-refractivity contribution < 1.29 is 0 Å². The Balaban J connectivity index is 1.01. The van der Waals surface area contributed by atoms with Crippen molar-refractivity contribution in [2.75, 3.05) is 4.90 Å². The molecule has 0 aliphatic carbocycles. The number of hydrogen-bond donors (Lipinski definition) is 0. The van der Waals surface area contributed by atoms with E-state index in [0.29, 0.717) is 0 Å². The van der Waals surface area contributed by atoms with Crippen molar-refractivity contribution in [2.24, 2.45) is 0 Å². The van der Waals surface area contributed by atoms with E-state index in [-0.39, 0.29) is 0 Å². The SMILES string of the molecule is c1ccc(-c2ccc(N(c3cc(-c4cccc5ccccc45)c4ccccc4c3)c3ccc(-c4ccc(-c5cccc6cccc(-c7ccccc7)c56)cc4)c4sc5ccccc5c34)cc2)cc1. The van der Waals surface area contributed by atoms with E-state index in [1.165, 1.54) is 108 Å². The summed E-state index contributed by atoms with van der Waals surface area (Å²) >= 11 is 1.88. The van der Waals surface area contributed by atoms with Crippen LogP contribution in [0.3, 0.4) is 0 Å². The summed E-state index contributed by atoms with van der Waals surface area (Å²) in [5.74, 6) is 0. The molecule has 0 saturated heterocycles. The van der Waals surface area contributed by atoms with Gasteiger partial charge in [0.15, 0.2) is 0 Å². The third kappa shape index (κ3) is 6.85. The number of hydrogen-bond acceptors (Lipinski definition) is 2. The molecule has 1 heterocycles. The molecule has 0 fully saturated rings. The number of thiophene rings is 1. The summed E-state index contributed by atoms with van der Waals surface area (Å²) in [6.07, 6.45) is 0. The smallest absolute Gasteiger partial charge is 0.0555 e. The largest absolute Gasteiger partial charge is 0.310 e. The van der Waals surface area contributed by atoms with E-state index < -0.39 is 0 Å². The van der Waals surface area contributed by atoms with Gasteiger partial charge >= 0.3 is 0 Å². The zero-order valence-electron chi connectivity index (χ0n) is 37.2. The Morgan fingerprint density at radius 2 is 0.765 bits per heavy atom. The summed E-state index contributed by atoms with van der Waals surface area (Å²) < 4.78 is 2.54. The summed E-state index contributed by atoms with van der Waals surface area (Å²) in [7, 11) is 0. The zero-order chi connectivity index (χ0) is 45.0. The second kappa shape index (κ2) is 16.7. The topological polar surface area (TPSA) is 3.24 Å². The van der Waals surface area contributed by atoms with Gasteiger partial charge in [0.25, 0.3) is 0 Å². The average Bonchev–Trinajstić information content (AvgIpc) is 3.81. The minimum atomic E-state index is 1.10. The van der Waals surface area contributed by atoms with Crippen LogP contribution in [0.5, 0.6) is 0 Å². The fourth-order valence-electron chi connectivity index (χ4n) is 10.5. The monoisotopic (exact) mass is 881 g/mol. The molecule has 0 atom stereocenters. The van der Waals surface area contributed by atoms with E-state index in [2.05, 4.69) is 266 Å². The van der Waals surface area contributed by atoms with Gasteiger partial charge in [0.05, 0.1) is 5.69 Å². The first-order chi connectivity index (χ1) is 33.7. The Morgan fingerprint density at radius 3 is 1.47 bits per heavy atom. The minimum Gasteiger partial charge on any atom is -0.310 e. The van der Waals surface area contributed by atoms with Crippen LogP contribution in [0.2, 0.25) is 0 Å². The fraction of sp³-hybridized carbons (Fsp3) is 0. The van der Waals surface area contributed by atoms with E-state index in [1.54, 1.807) is 0 Å². The molecule has 1 aromatic heterocycles. The Labute approximate surface area is 400 Å². The second-order valence-corrected chi connectivity index (χ2v) is 18.6. The second-order valence-electron chi connectivity index (χ2n) is 17.6. The van der Waals surface area contributed by atoms with E-state index in [4.69, 9.17) is 0 Å². The molecule has 12 aromatic carbocycles. The molecule has 318 valence electrons. The number of anilines is 3. The minimum absolute atomic E-state index is 1.10. The number of nitrogens with zero attached hydrogens (tertiary/aromatic N) is 1. The van der Waals surface area contributed by atoms with Gasteiger partial charge in [0.2, 0.25) is 0 Å². The van der Waals surface area contributed by atoms with Crippen LogP contribution in [0.4, 0.5) is 17.1 Å². The van der Waals surface area contributed by atoms with Gasteiger partial charge in [-0.1, -0.05) is 224 Å². The molecule has 0 aliphatic rings. The molecule has 0 bridgehead atoms. The van der Waals surface area contributed by atoms with E-state index >= 15 is 0 Å². The zero-order valence-corrected chi connectivity index (χ0v) is 38.0. The predicted octanol–water partition coefficient (Wildman–Crippen LogP) is 19.3. The van der Waals surface area contributed by atoms with Gasteiger partial charge in [0.1, 0.15) is 0 Å². The highest BCUT2D eigenvalue weighted by molar-refractivity contribution is 7.26. The molecule has 0 unspecified atom stereocenters. The summed E-state index contributed by atoms with van der Waals surface area (Å²) in [6.45, 7) is 0.